The predicted octanol–water partition coefficient (Wildman–Crippen LogP) is 6.62. The summed E-state index contributed by atoms with van der Waals surface area (Å²) in [4.78, 5) is 1.33. The van der Waals surface area contributed by atoms with Crippen molar-refractivity contribution in [1.29, 1.82) is 0 Å². The molecule has 10 heteroatoms. The Balaban J connectivity index is 0.000000640. The van der Waals surface area contributed by atoms with Gasteiger partial charge in [-0.1, -0.05) is 43.9 Å². The molecule has 0 bridgehead atoms. The summed E-state index contributed by atoms with van der Waals surface area (Å²) >= 11 is 1.78. The van der Waals surface area contributed by atoms with Crippen LogP contribution in [-0.4, -0.2) is 11.7 Å². The van der Waals surface area contributed by atoms with Gasteiger partial charge in [0, 0.05) is 26.4 Å². The van der Waals surface area contributed by atoms with Crippen molar-refractivity contribution in [3.05, 3.63) is 16.1 Å². The number of aryl methyl sites for hydroxylation is 1. The van der Waals surface area contributed by atoms with Gasteiger partial charge >= 0.3 is 33.0 Å². The molecule has 0 atom stereocenters. The number of aliphatic hydroxyl groups is 1. The van der Waals surface area contributed by atoms with Gasteiger partial charge in [-0.15, -0.1) is 0 Å². The first kappa shape index (κ1) is 23.6. The van der Waals surface area contributed by atoms with Crippen LogP contribution >= 0.6 is 19.1 Å². The van der Waals surface area contributed by atoms with Gasteiger partial charge in [0.15, 0.2) is 5.69 Å². The summed E-state index contributed by atoms with van der Waals surface area (Å²) in [6.07, 6.45) is 8.90. The van der Waals surface area contributed by atoms with Gasteiger partial charge in [-0.05, 0) is 6.42 Å². The van der Waals surface area contributed by atoms with Gasteiger partial charge in [0.05, 0.1) is 4.88 Å². The summed E-state index contributed by atoms with van der Waals surface area (Å²) in [5.74, 6) is 0. The quantitative estimate of drug-likeness (QED) is 0.214. The second-order valence-corrected chi connectivity index (χ2v) is 8.48. The number of aromatic nitrogens is 1. The van der Waals surface area contributed by atoms with E-state index in [4.69, 9.17) is 5.11 Å². The molecular formula is C14H26F6NOPS. The van der Waals surface area contributed by atoms with E-state index in [2.05, 4.69) is 23.9 Å². The Hall–Kier alpha value is -0.400. The second-order valence-electron chi connectivity index (χ2n) is 5.62. The van der Waals surface area contributed by atoms with E-state index < -0.39 is 7.81 Å². The van der Waals surface area contributed by atoms with Crippen LogP contribution in [0.1, 0.15) is 56.0 Å². The van der Waals surface area contributed by atoms with Gasteiger partial charge in [-0.25, -0.2) is 0 Å². The topological polar surface area (TPSA) is 24.1 Å². The fourth-order valence-corrected chi connectivity index (χ4v) is 3.09. The molecule has 0 aromatic carbocycles. The molecule has 24 heavy (non-hydrogen) atoms. The molecule has 0 aliphatic rings. The maximum atomic E-state index is 9.87. The van der Waals surface area contributed by atoms with Crippen molar-refractivity contribution in [2.45, 2.75) is 65.3 Å². The number of hydrogen-bond donors (Lipinski definition) is 1. The van der Waals surface area contributed by atoms with Crippen molar-refractivity contribution >= 4 is 19.1 Å². The molecule has 0 fully saturated rings. The molecule has 1 heterocycles. The van der Waals surface area contributed by atoms with Crippen molar-refractivity contribution in [3.63, 3.8) is 0 Å². The van der Waals surface area contributed by atoms with E-state index in [0.717, 1.165) is 13.0 Å². The van der Waals surface area contributed by atoms with Gasteiger partial charge in [-0.2, -0.15) is 4.57 Å². The van der Waals surface area contributed by atoms with Crippen LogP contribution in [0.25, 0.3) is 0 Å². The van der Waals surface area contributed by atoms with Crippen LogP contribution in [0.5, 0.6) is 0 Å². The first-order chi connectivity index (χ1) is 10.7. The fourth-order valence-electron chi connectivity index (χ4n) is 2.08. The monoisotopic (exact) mass is 401 g/mol. The summed E-state index contributed by atoms with van der Waals surface area (Å²) in [7, 11) is -10.7. The van der Waals surface area contributed by atoms with Crippen molar-refractivity contribution in [2.24, 2.45) is 0 Å². The number of unbranched alkanes of at least 4 members (excludes halogenated alkanes) is 5. The van der Waals surface area contributed by atoms with Gasteiger partial charge in [0.25, 0.3) is 0 Å². The van der Waals surface area contributed by atoms with E-state index in [1.54, 1.807) is 11.3 Å². The average Bonchev–Trinajstić information content (AvgIpc) is 2.72. The van der Waals surface area contributed by atoms with Crippen molar-refractivity contribution in [1.82, 2.24) is 0 Å². The minimum atomic E-state index is -10.7. The van der Waals surface area contributed by atoms with Crippen LogP contribution < -0.4 is 4.57 Å². The first-order valence-electron chi connectivity index (χ1n) is 7.88. The molecule has 0 aliphatic heterocycles. The normalized spacial score (nSPS) is 14.5. The SMILES string of the molecule is CCCCCCCC[n+]1csc(CCO)c1C.F[P-](F)(F)(F)(F)F. The molecule has 0 saturated carbocycles. The van der Waals surface area contributed by atoms with Crippen LogP contribution in [0.3, 0.4) is 0 Å². The first-order valence-corrected chi connectivity index (χ1v) is 10.8. The van der Waals surface area contributed by atoms with Crippen LogP contribution in [-0.2, 0) is 13.0 Å². The Labute approximate surface area is 142 Å². The van der Waals surface area contributed by atoms with E-state index in [1.807, 2.05) is 0 Å². The Kier molecular flexibility index (Phi) is 8.66. The number of thiazole rings is 1. The summed E-state index contributed by atoms with van der Waals surface area (Å²) in [6.45, 7) is 5.82. The average molecular weight is 401 g/mol. The van der Waals surface area contributed by atoms with Gasteiger partial charge < -0.3 is 5.11 Å². The molecule has 0 unspecified atom stereocenters. The number of halogens is 6. The molecule has 146 valence electrons. The second kappa shape index (κ2) is 8.81. The summed E-state index contributed by atoms with van der Waals surface area (Å²) < 4.78 is 61.5. The van der Waals surface area contributed by atoms with Crippen LogP contribution in [0.4, 0.5) is 25.2 Å². The third-order valence-electron chi connectivity index (χ3n) is 3.25. The molecule has 0 amide bonds. The van der Waals surface area contributed by atoms with Crippen molar-refractivity contribution in [3.8, 4) is 0 Å². The van der Waals surface area contributed by atoms with Crippen molar-refractivity contribution < 1.29 is 34.9 Å². The van der Waals surface area contributed by atoms with E-state index in [0.29, 0.717) is 0 Å². The van der Waals surface area contributed by atoms with E-state index >= 15 is 0 Å². The van der Waals surface area contributed by atoms with Crippen LogP contribution in [0, 0.1) is 6.92 Å². The third kappa shape index (κ3) is 16.5. The van der Waals surface area contributed by atoms with Gasteiger partial charge in [-0.3, -0.25) is 0 Å². The van der Waals surface area contributed by atoms with Crippen LogP contribution in [0.2, 0.25) is 0 Å². The summed E-state index contributed by atoms with van der Waals surface area (Å²) in [5.41, 5.74) is 3.55. The van der Waals surface area contributed by atoms with Gasteiger partial charge in [0.1, 0.15) is 6.54 Å². The summed E-state index contributed by atoms with van der Waals surface area (Å²) in [5, 5.41) is 8.95. The van der Waals surface area contributed by atoms with Crippen LogP contribution in [0.15, 0.2) is 5.51 Å². The molecule has 0 aliphatic carbocycles. The number of rotatable bonds is 9. The molecule has 0 radical (unpaired) electrons. The minimum absolute atomic E-state index is 0.262. The molecule has 2 nitrogen and oxygen atoms in total. The molecule has 1 rings (SSSR count). The Morgan fingerprint density at radius 2 is 1.50 bits per heavy atom. The standard InChI is InChI=1S/C14H26NOS.F6P/c1-3-4-5-6-7-8-10-15-12-17-14(9-11-16)13(15)2;1-7(2,3,4,5)6/h12,16H,3-11H2,1-2H3;/q+1;-1. The van der Waals surface area contributed by atoms with E-state index in [9.17, 15) is 25.2 Å². The molecule has 0 saturated heterocycles. The predicted molar refractivity (Wildman–Crippen MR) is 87.0 cm³/mol. The zero-order valence-electron chi connectivity index (χ0n) is 14.0. The number of hydrogen-bond acceptors (Lipinski definition) is 2. The maximum absolute atomic E-state index is 10.7. The van der Waals surface area contributed by atoms with E-state index in [-0.39, 0.29) is 6.61 Å². The molecule has 1 aromatic rings. The molecule has 1 aromatic heterocycles. The zero-order chi connectivity index (χ0) is 18.9. The Bertz CT molecular complexity index is 477. The zero-order valence-corrected chi connectivity index (χ0v) is 15.7. The molecule has 1 N–H and O–H groups in total. The molecular weight excluding hydrogens is 375 g/mol. The third-order valence-corrected chi connectivity index (χ3v) is 4.39. The summed E-state index contributed by atoms with van der Waals surface area (Å²) in [6, 6.07) is 0. The fraction of sp³-hybridized carbons (Fsp3) is 0.786. The number of aliphatic hydroxyl groups excluding tert-OH is 1. The Morgan fingerprint density at radius 1 is 1.00 bits per heavy atom. The number of nitrogens with zero attached hydrogens (tertiary/aromatic N) is 1. The molecule has 0 spiro atoms. The Morgan fingerprint density at radius 3 is 2.00 bits per heavy atom. The van der Waals surface area contributed by atoms with E-state index in [1.165, 1.54) is 49.1 Å². The van der Waals surface area contributed by atoms with Gasteiger partial charge in [0.2, 0.25) is 5.51 Å². The van der Waals surface area contributed by atoms with Crippen molar-refractivity contribution in [2.75, 3.05) is 6.61 Å².